The summed E-state index contributed by atoms with van der Waals surface area (Å²) in [4.78, 5) is 40.2. The first-order valence-corrected chi connectivity index (χ1v) is 12.7. The van der Waals surface area contributed by atoms with Crippen molar-refractivity contribution in [2.24, 2.45) is 40.7 Å². The average molecular weight is 431 g/mol. The average Bonchev–Trinajstić information content (AvgIpc) is 2.76. The lowest BCUT2D eigenvalue weighted by atomic mass is 9.48. The molecule has 6 heteroatoms. The Labute approximate surface area is 185 Å². The van der Waals surface area contributed by atoms with Crippen LogP contribution in [0.3, 0.4) is 0 Å². The van der Waals surface area contributed by atoms with Crippen LogP contribution in [0.5, 0.6) is 0 Å². The van der Waals surface area contributed by atoms with Crippen LogP contribution in [-0.2, 0) is 19.1 Å². The molecule has 6 nitrogen and oxygen atoms in total. The summed E-state index contributed by atoms with van der Waals surface area (Å²) in [7, 11) is 0. The molecule has 0 aromatic carbocycles. The van der Waals surface area contributed by atoms with Gasteiger partial charge in [-0.05, 0) is 81.5 Å². The van der Waals surface area contributed by atoms with Gasteiger partial charge in [0.1, 0.15) is 6.10 Å². The summed E-state index contributed by atoms with van der Waals surface area (Å²) >= 11 is 0. The van der Waals surface area contributed by atoms with Crippen LogP contribution < -0.4 is 5.73 Å². The predicted molar refractivity (Wildman–Crippen MR) is 116 cm³/mol. The summed E-state index contributed by atoms with van der Waals surface area (Å²) in [6, 6.07) is 0. The molecule has 6 rings (SSSR count). The molecule has 2 amide bonds. The van der Waals surface area contributed by atoms with Crippen LogP contribution in [0, 0.1) is 35.0 Å². The molecule has 1 heterocycles. The van der Waals surface area contributed by atoms with Crippen molar-refractivity contribution in [1.82, 2.24) is 4.90 Å². The number of hydrogen-bond acceptors (Lipinski definition) is 4. The number of hydrogen-bond donors (Lipinski definition) is 1. The molecule has 0 aromatic heterocycles. The van der Waals surface area contributed by atoms with Crippen molar-refractivity contribution in [3.05, 3.63) is 0 Å². The van der Waals surface area contributed by atoms with Gasteiger partial charge in [-0.25, -0.2) is 0 Å². The molecule has 0 radical (unpaired) electrons. The molecule has 5 saturated carbocycles. The van der Waals surface area contributed by atoms with Gasteiger partial charge in [-0.3, -0.25) is 14.4 Å². The van der Waals surface area contributed by atoms with Gasteiger partial charge in [0, 0.05) is 19.5 Å². The van der Waals surface area contributed by atoms with Crippen molar-refractivity contribution in [2.75, 3.05) is 13.1 Å². The van der Waals surface area contributed by atoms with Gasteiger partial charge in [0.15, 0.2) is 0 Å². The van der Waals surface area contributed by atoms with Gasteiger partial charge in [0.2, 0.25) is 11.8 Å². The first kappa shape index (κ1) is 21.3. The summed E-state index contributed by atoms with van der Waals surface area (Å²) < 4.78 is 6.11. The van der Waals surface area contributed by atoms with Crippen molar-refractivity contribution >= 4 is 17.8 Å². The van der Waals surface area contributed by atoms with E-state index in [0.29, 0.717) is 56.0 Å². The number of nitrogens with zero attached hydrogens (tertiary/aromatic N) is 1. The Kier molecular flexibility index (Phi) is 5.76. The first-order chi connectivity index (χ1) is 14.9. The minimum atomic E-state index is -0.638. The Morgan fingerprint density at radius 1 is 0.903 bits per heavy atom. The fourth-order valence-electron chi connectivity index (χ4n) is 7.90. The molecule has 6 fully saturated rings. The molecule has 5 aliphatic carbocycles. The van der Waals surface area contributed by atoms with E-state index in [2.05, 4.69) is 0 Å². The second-order valence-electron chi connectivity index (χ2n) is 11.3. The van der Waals surface area contributed by atoms with Gasteiger partial charge in [0.25, 0.3) is 0 Å². The number of likely N-dealkylation sites (tertiary alicyclic amines) is 1. The molecule has 2 N–H and O–H groups in total. The van der Waals surface area contributed by atoms with E-state index >= 15 is 0 Å². The van der Waals surface area contributed by atoms with Crippen LogP contribution in [0.4, 0.5) is 0 Å². The summed E-state index contributed by atoms with van der Waals surface area (Å²) in [5.74, 6) is 1.63. The van der Waals surface area contributed by atoms with Crippen molar-refractivity contribution in [3.8, 4) is 0 Å². The minimum Gasteiger partial charge on any atom is -0.461 e. The van der Waals surface area contributed by atoms with E-state index < -0.39 is 5.41 Å². The molecular formula is C25H38N2O4. The normalized spacial score (nSPS) is 38.3. The Bertz CT molecular complexity index is 709. The Hall–Kier alpha value is -1.59. The third-order valence-electron chi connectivity index (χ3n) is 9.32. The Morgan fingerprint density at radius 3 is 2.16 bits per heavy atom. The Morgan fingerprint density at radius 2 is 1.55 bits per heavy atom. The standard InChI is InChI=1S/C25H38N2O4/c26-24(30)25-14-17-10-18(15-25)12-20(11-17)22(25)31-23(29)19-6-8-27(9-7-19)21(28)13-16-4-2-1-3-5-16/h16-20,22H,1-15H2,(H2,26,30). The second kappa shape index (κ2) is 8.40. The number of amides is 2. The van der Waals surface area contributed by atoms with E-state index in [1.54, 1.807) is 0 Å². The molecule has 6 aliphatic rings. The van der Waals surface area contributed by atoms with E-state index in [9.17, 15) is 14.4 Å². The maximum Gasteiger partial charge on any atom is 0.309 e. The lowest BCUT2D eigenvalue weighted by Crippen LogP contribution is -2.62. The lowest BCUT2D eigenvalue weighted by Gasteiger charge is -2.58. The molecule has 3 atom stereocenters. The van der Waals surface area contributed by atoms with Gasteiger partial charge >= 0.3 is 5.97 Å². The van der Waals surface area contributed by atoms with Crippen LogP contribution in [0.15, 0.2) is 0 Å². The molecular weight excluding hydrogens is 392 g/mol. The van der Waals surface area contributed by atoms with E-state index in [1.165, 1.54) is 38.5 Å². The fourth-order valence-corrected chi connectivity index (χ4v) is 7.90. The van der Waals surface area contributed by atoms with E-state index in [0.717, 1.165) is 25.7 Å². The maximum absolute atomic E-state index is 13.1. The van der Waals surface area contributed by atoms with Gasteiger partial charge in [-0.2, -0.15) is 0 Å². The zero-order valence-electron chi connectivity index (χ0n) is 18.7. The quantitative estimate of drug-likeness (QED) is 0.677. The van der Waals surface area contributed by atoms with Gasteiger partial charge in [-0.15, -0.1) is 0 Å². The van der Waals surface area contributed by atoms with Gasteiger partial charge in [-0.1, -0.05) is 19.3 Å². The summed E-state index contributed by atoms with van der Waals surface area (Å²) in [6.45, 7) is 1.29. The molecule has 0 spiro atoms. The third kappa shape index (κ3) is 4.00. The zero-order valence-corrected chi connectivity index (χ0v) is 18.7. The van der Waals surface area contributed by atoms with Crippen LogP contribution in [0.25, 0.3) is 0 Å². The summed E-state index contributed by atoms with van der Waals surface area (Å²) in [5.41, 5.74) is 5.25. The first-order valence-electron chi connectivity index (χ1n) is 12.7. The van der Waals surface area contributed by atoms with Crippen molar-refractivity contribution < 1.29 is 19.1 Å². The van der Waals surface area contributed by atoms with E-state index in [1.807, 2.05) is 4.90 Å². The van der Waals surface area contributed by atoms with Crippen LogP contribution >= 0.6 is 0 Å². The molecule has 172 valence electrons. The number of piperidine rings is 1. The van der Waals surface area contributed by atoms with E-state index in [4.69, 9.17) is 10.5 Å². The highest BCUT2D eigenvalue weighted by Crippen LogP contribution is 2.61. The highest BCUT2D eigenvalue weighted by molar-refractivity contribution is 5.83. The number of carbonyl (C=O) groups excluding carboxylic acids is 3. The monoisotopic (exact) mass is 430 g/mol. The smallest absolute Gasteiger partial charge is 0.309 e. The minimum absolute atomic E-state index is 0.166. The van der Waals surface area contributed by atoms with Gasteiger partial charge < -0.3 is 15.4 Å². The fraction of sp³-hybridized carbons (Fsp3) is 0.880. The SMILES string of the molecule is NC(=O)C12CC3CC(CC(C3)C1OC(=O)C1CCN(C(=O)CC3CCCCC3)CC1)C2. The topological polar surface area (TPSA) is 89.7 Å². The van der Waals surface area contributed by atoms with Crippen LogP contribution in [0.2, 0.25) is 0 Å². The van der Waals surface area contributed by atoms with Crippen LogP contribution in [-0.4, -0.2) is 41.9 Å². The molecule has 0 aromatic rings. The number of rotatable bonds is 5. The van der Waals surface area contributed by atoms with E-state index in [-0.39, 0.29) is 29.8 Å². The van der Waals surface area contributed by atoms with Crippen LogP contribution in [0.1, 0.15) is 83.5 Å². The molecule has 3 unspecified atom stereocenters. The number of carbonyl (C=O) groups is 3. The number of nitrogens with two attached hydrogens (primary N) is 1. The largest absolute Gasteiger partial charge is 0.461 e. The third-order valence-corrected chi connectivity index (χ3v) is 9.32. The predicted octanol–water partition coefficient (Wildman–Crippen LogP) is 3.42. The molecule has 1 saturated heterocycles. The van der Waals surface area contributed by atoms with Gasteiger partial charge in [0.05, 0.1) is 11.3 Å². The van der Waals surface area contributed by atoms with Crippen molar-refractivity contribution in [1.29, 1.82) is 0 Å². The summed E-state index contributed by atoms with van der Waals surface area (Å²) in [5, 5.41) is 0. The molecule has 1 aliphatic heterocycles. The Balaban J connectivity index is 1.16. The number of primary amides is 1. The molecule has 31 heavy (non-hydrogen) atoms. The number of ether oxygens (including phenoxy) is 1. The second-order valence-corrected chi connectivity index (χ2v) is 11.3. The lowest BCUT2D eigenvalue weighted by molar-refractivity contribution is -0.199. The maximum atomic E-state index is 13.1. The summed E-state index contributed by atoms with van der Waals surface area (Å²) in [6.07, 6.45) is 12.8. The highest BCUT2D eigenvalue weighted by Gasteiger charge is 2.62. The zero-order chi connectivity index (χ0) is 21.6. The van der Waals surface area contributed by atoms with Crippen molar-refractivity contribution in [2.45, 2.75) is 89.6 Å². The van der Waals surface area contributed by atoms with Crippen molar-refractivity contribution in [3.63, 3.8) is 0 Å². The number of esters is 1. The molecule has 4 bridgehead atoms. The highest BCUT2D eigenvalue weighted by atomic mass is 16.5.